The van der Waals surface area contributed by atoms with Crippen molar-refractivity contribution in [3.63, 3.8) is 0 Å². The molecule has 2 unspecified atom stereocenters. The number of hydrogen-bond donors (Lipinski definition) is 1. The lowest BCUT2D eigenvalue weighted by molar-refractivity contribution is 0.0294. The smallest absolute Gasteiger partial charge is 0.0676 e. The molecule has 0 amide bonds. The van der Waals surface area contributed by atoms with Gasteiger partial charge in [0.1, 0.15) is 0 Å². The molecule has 0 radical (unpaired) electrons. The molecule has 0 bridgehead atoms. The Kier molecular flexibility index (Phi) is 3.87. The van der Waals surface area contributed by atoms with Crippen LogP contribution in [0.1, 0.15) is 38.8 Å². The van der Waals surface area contributed by atoms with Gasteiger partial charge in [-0.1, -0.05) is 13.8 Å². The summed E-state index contributed by atoms with van der Waals surface area (Å²) >= 11 is 0. The predicted molar refractivity (Wildman–Crippen MR) is 79.6 cm³/mol. The third-order valence-electron chi connectivity index (χ3n) is 4.72. The largest absolute Gasteiger partial charge is 0.377 e. The highest BCUT2D eigenvalue weighted by atomic mass is 16.5. The number of rotatable bonds is 6. The topological polar surface area (TPSA) is 39.1 Å². The second-order valence-electron chi connectivity index (χ2n) is 6.93. The Morgan fingerprint density at radius 3 is 2.90 bits per heavy atom. The Balaban J connectivity index is 1.78. The van der Waals surface area contributed by atoms with Crippen LogP contribution in [0.4, 0.5) is 0 Å². The summed E-state index contributed by atoms with van der Waals surface area (Å²) in [6, 6.07) is 2.68. The number of nitrogens with one attached hydrogen (secondary N) is 1. The zero-order chi connectivity index (χ0) is 14.2. The number of ether oxygens (including phenoxy) is 1. The van der Waals surface area contributed by atoms with Crippen molar-refractivity contribution in [2.75, 3.05) is 13.2 Å². The van der Waals surface area contributed by atoms with Gasteiger partial charge in [0.2, 0.25) is 0 Å². The monoisotopic (exact) mass is 277 g/mol. The van der Waals surface area contributed by atoms with Gasteiger partial charge in [-0.15, -0.1) is 0 Å². The summed E-state index contributed by atoms with van der Waals surface area (Å²) in [5, 5.41) is 8.25. The van der Waals surface area contributed by atoms with E-state index in [4.69, 9.17) is 4.74 Å². The highest BCUT2D eigenvalue weighted by Crippen LogP contribution is 2.49. The third kappa shape index (κ3) is 2.91. The first kappa shape index (κ1) is 14.1. The third-order valence-corrected chi connectivity index (χ3v) is 4.72. The quantitative estimate of drug-likeness (QED) is 0.866. The van der Waals surface area contributed by atoms with Crippen LogP contribution in [-0.4, -0.2) is 35.1 Å². The summed E-state index contributed by atoms with van der Waals surface area (Å²) in [5.74, 6) is 0.787. The Morgan fingerprint density at radius 2 is 2.30 bits per heavy atom. The fourth-order valence-corrected chi connectivity index (χ4v) is 3.51. The SMILES string of the molecule is CC(C)NCC1(Cc2ccn(C)n2)CCOC1C1CC1. The maximum atomic E-state index is 6.13. The van der Waals surface area contributed by atoms with E-state index in [9.17, 15) is 0 Å². The highest BCUT2D eigenvalue weighted by molar-refractivity contribution is 5.10. The van der Waals surface area contributed by atoms with Gasteiger partial charge in [0, 0.05) is 44.3 Å². The first-order chi connectivity index (χ1) is 9.59. The van der Waals surface area contributed by atoms with Crippen LogP contribution in [0.5, 0.6) is 0 Å². The van der Waals surface area contributed by atoms with E-state index in [2.05, 4.69) is 30.3 Å². The van der Waals surface area contributed by atoms with Crippen molar-refractivity contribution in [3.8, 4) is 0 Å². The van der Waals surface area contributed by atoms with E-state index in [-0.39, 0.29) is 5.41 Å². The van der Waals surface area contributed by atoms with Crippen LogP contribution in [0, 0.1) is 11.3 Å². The van der Waals surface area contributed by atoms with Crippen molar-refractivity contribution >= 4 is 0 Å². The van der Waals surface area contributed by atoms with E-state index < -0.39 is 0 Å². The van der Waals surface area contributed by atoms with Crippen LogP contribution in [0.25, 0.3) is 0 Å². The molecule has 2 heterocycles. The average molecular weight is 277 g/mol. The fourth-order valence-electron chi connectivity index (χ4n) is 3.51. The lowest BCUT2D eigenvalue weighted by Crippen LogP contribution is -2.45. The molecule has 1 aromatic rings. The predicted octanol–water partition coefficient (Wildman–Crippen LogP) is 2.15. The minimum absolute atomic E-state index is 0.236. The summed E-state index contributed by atoms with van der Waals surface area (Å²) in [6.45, 7) is 6.39. The van der Waals surface area contributed by atoms with Gasteiger partial charge in [0.15, 0.2) is 0 Å². The Labute approximate surface area is 121 Å². The van der Waals surface area contributed by atoms with Gasteiger partial charge in [-0.2, -0.15) is 5.10 Å². The zero-order valence-electron chi connectivity index (χ0n) is 12.9. The van der Waals surface area contributed by atoms with Crippen molar-refractivity contribution in [2.45, 2.75) is 51.7 Å². The van der Waals surface area contributed by atoms with E-state index in [0.717, 1.165) is 31.9 Å². The Morgan fingerprint density at radius 1 is 1.50 bits per heavy atom. The molecule has 1 saturated heterocycles. The average Bonchev–Trinajstić information content (AvgIpc) is 3.04. The summed E-state index contributed by atoms with van der Waals surface area (Å²) in [4.78, 5) is 0. The van der Waals surface area contributed by atoms with E-state index >= 15 is 0 Å². The second-order valence-corrected chi connectivity index (χ2v) is 6.93. The lowest BCUT2D eigenvalue weighted by atomic mass is 9.75. The van der Waals surface area contributed by atoms with Gasteiger partial charge in [-0.05, 0) is 31.2 Å². The normalized spacial score (nSPS) is 30.3. The summed E-state index contributed by atoms with van der Waals surface area (Å²) in [6.07, 6.45) is 7.35. The molecule has 1 N–H and O–H groups in total. The molecule has 1 aliphatic heterocycles. The van der Waals surface area contributed by atoms with Crippen LogP contribution in [-0.2, 0) is 18.2 Å². The molecular formula is C16H27N3O. The fraction of sp³-hybridized carbons (Fsp3) is 0.812. The molecule has 1 saturated carbocycles. The van der Waals surface area contributed by atoms with E-state index in [1.54, 1.807) is 0 Å². The van der Waals surface area contributed by atoms with Crippen LogP contribution in [0.15, 0.2) is 12.3 Å². The molecule has 1 aromatic heterocycles. The Hall–Kier alpha value is -0.870. The molecule has 0 spiro atoms. The minimum atomic E-state index is 0.236. The number of aryl methyl sites for hydroxylation is 1. The summed E-state index contributed by atoms with van der Waals surface area (Å²) in [7, 11) is 1.99. The van der Waals surface area contributed by atoms with Crippen LogP contribution in [0.3, 0.4) is 0 Å². The molecule has 3 rings (SSSR count). The second kappa shape index (κ2) is 5.49. The van der Waals surface area contributed by atoms with Gasteiger partial charge in [0.25, 0.3) is 0 Å². The van der Waals surface area contributed by atoms with Crippen LogP contribution >= 0.6 is 0 Å². The first-order valence-electron chi connectivity index (χ1n) is 7.93. The van der Waals surface area contributed by atoms with Crippen molar-refractivity contribution in [1.29, 1.82) is 0 Å². The van der Waals surface area contributed by atoms with Crippen LogP contribution < -0.4 is 5.32 Å². The van der Waals surface area contributed by atoms with Gasteiger partial charge >= 0.3 is 0 Å². The van der Waals surface area contributed by atoms with Gasteiger partial charge in [-0.25, -0.2) is 0 Å². The van der Waals surface area contributed by atoms with E-state index in [1.165, 1.54) is 18.5 Å². The molecule has 2 aliphatic rings. The van der Waals surface area contributed by atoms with E-state index in [1.807, 2.05) is 17.9 Å². The molecule has 4 nitrogen and oxygen atoms in total. The maximum Gasteiger partial charge on any atom is 0.0676 e. The minimum Gasteiger partial charge on any atom is -0.377 e. The highest BCUT2D eigenvalue weighted by Gasteiger charge is 2.50. The van der Waals surface area contributed by atoms with Crippen molar-refractivity contribution in [3.05, 3.63) is 18.0 Å². The van der Waals surface area contributed by atoms with Crippen molar-refractivity contribution in [2.24, 2.45) is 18.4 Å². The standard InChI is InChI=1S/C16H27N3O/c1-12(2)17-11-16(10-14-6-8-19(3)18-14)7-9-20-15(16)13-4-5-13/h6,8,12-13,15,17H,4-5,7,9-11H2,1-3H3. The van der Waals surface area contributed by atoms with Crippen LogP contribution in [0.2, 0.25) is 0 Å². The molecule has 1 aliphatic carbocycles. The molecule has 2 atom stereocenters. The summed E-state index contributed by atoms with van der Waals surface area (Å²) in [5.41, 5.74) is 1.44. The van der Waals surface area contributed by atoms with Gasteiger partial charge < -0.3 is 10.1 Å². The molecule has 20 heavy (non-hydrogen) atoms. The number of aromatic nitrogens is 2. The Bertz CT molecular complexity index is 452. The molecule has 2 fully saturated rings. The first-order valence-corrected chi connectivity index (χ1v) is 7.93. The zero-order valence-corrected chi connectivity index (χ0v) is 12.9. The number of hydrogen-bond acceptors (Lipinski definition) is 3. The maximum absolute atomic E-state index is 6.13. The lowest BCUT2D eigenvalue weighted by Gasteiger charge is -2.35. The molecule has 4 heteroatoms. The van der Waals surface area contributed by atoms with Crippen molar-refractivity contribution < 1.29 is 4.74 Å². The van der Waals surface area contributed by atoms with Crippen molar-refractivity contribution in [1.82, 2.24) is 15.1 Å². The van der Waals surface area contributed by atoms with Gasteiger partial charge in [0.05, 0.1) is 11.8 Å². The number of nitrogens with zero attached hydrogens (tertiary/aromatic N) is 2. The molecular weight excluding hydrogens is 250 g/mol. The molecule has 0 aromatic carbocycles. The molecule has 112 valence electrons. The van der Waals surface area contributed by atoms with E-state index in [0.29, 0.717) is 12.1 Å². The van der Waals surface area contributed by atoms with Gasteiger partial charge in [-0.3, -0.25) is 4.68 Å². The summed E-state index contributed by atoms with van der Waals surface area (Å²) < 4.78 is 8.03.